The zero-order valence-corrected chi connectivity index (χ0v) is 13.5. The van der Waals surface area contributed by atoms with Crippen LogP contribution in [0.4, 0.5) is 14.5 Å². The molecular formula is C15H16F2N2O3S. The van der Waals surface area contributed by atoms with Crippen molar-refractivity contribution in [1.29, 1.82) is 0 Å². The average molecular weight is 342 g/mol. The van der Waals surface area contributed by atoms with Crippen LogP contribution < -0.4 is 4.31 Å². The van der Waals surface area contributed by atoms with E-state index in [1.165, 1.54) is 38.6 Å². The third-order valence-corrected chi connectivity index (χ3v) is 5.07. The molecule has 23 heavy (non-hydrogen) atoms. The van der Waals surface area contributed by atoms with Crippen molar-refractivity contribution in [2.75, 3.05) is 24.6 Å². The van der Waals surface area contributed by atoms with E-state index < -0.39 is 26.6 Å². The molecule has 0 saturated heterocycles. The first-order valence-corrected chi connectivity index (χ1v) is 8.19. The Morgan fingerprint density at radius 1 is 1.17 bits per heavy atom. The van der Waals surface area contributed by atoms with Crippen LogP contribution in [0.25, 0.3) is 0 Å². The summed E-state index contributed by atoms with van der Waals surface area (Å²) in [5.41, 5.74) is 0.325. The smallest absolute Gasteiger partial charge is 0.267 e. The summed E-state index contributed by atoms with van der Waals surface area (Å²) >= 11 is 0. The van der Waals surface area contributed by atoms with Crippen molar-refractivity contribution in [1.82, 2.24) is 4.98 Å². The Morgan fingerprint density at radius 2 is 1.83 bits per heavy atom. The van der Waals surface area contributed by atoms with Crippen LogP contribution in [0, 0.1) is 18.6 Å². The van der Waals surface area contributed by atoms with Crippen LogP contribution in [-0.4, -0.2) is 33.7 Å². The van der Waals surface area contributed by atoms with Crippen LogP contribution in [0.15, 0.2) is 41.6 Å². The normalized spacial score (nSPS) is 11.5. The quantitative estimate of drug-likeness (QED) is 0.809. The van der Waals surface area contributed by atoms with Crippen molar-refractivity contribution in [2.24, 2.45) is 0 Å². The number of halogens is 2. The summed E-state index contributed by atoms with van der Waals surface area (Å²) in [7, 11) is -2.87. The van der Waals surface area contributed by atoms with E-state index >= 15 is 0 Å². The maximum Gasteiger partial charge on any atom is 0.267 e. The lowest BCUT2D eigenvalue weighted by atomic mass is 10.2. The minimum Gasteiger partial charge on any atom is -0.383 e. The van der Waals surface area contributed by atoms with Gasteiger partial charge in [-0.1, -0.05) is 0 Å². The van der Waals surface area contributed by atoms with Gasteiger partial charge in [0.25, 0.3) is 10.0 Å². The number of sulfonamides is 1. The van der Waals surface area contributed by atoms with Crippen LogP contribution in [0.5, 0.6) is 0 Å². The predicted octanol–water partition coefficient (Wildman–Crippen LogP) is 2.51. The molecule has 1 aromatic carbocycles. The molecule has 124 valence electrons. The maximum absolute atomic E-state index is 14.1. The lowest BCUT2D eigenvalue weighted by Gasteiger charge is -2.24. The van der Waals surface area contributed by atoms with Crippen molar-refractivity contribution in [3.8, 4) is 0 Å². The number of ether oxygens (including phenoxy) is 1. The number of pyridine rings is 1. The molecule has 0 amide bonds. The van der Waals surface area contributed by atoms with Gasteiger partial charge in [-0.25, -0.2) is 17.2 Å². The van der Waals surface area contributed by atoms with Gasteiger partial charge >= 0.3 is 0 Å². The first-order valence-electron chi connectivity index (χ1n) is 6.75. The Hall–Kier alpha value is -2.06. The molecule has 0 unspecified atom stereocenters. The zero-order chi connectivity index (χ0) is 17.0. The van der Waals surface area contributed by atoms with Crippen molar-refractivity contribution in [2.45, 2.75) is 11.8 Å². The standard InChI is InChI=1S/C15H16F2N2O3S/c1-11-9-14(17)15(10-13(11)16)23(20,21)19(7-8-22-2)12-3-5-18-6-4-12/h3-6,9-10H,7-8H2,1-2H3. The molecule has 0 radical (unpaired) electrons. The van der Waals surface area contributed by atoms with E-state index in [4.69, 9.17) is 4.74 Å². The van der Waals surface area contributed by atoms with E-state index in [1.54, 1.807) is 0 Å². The molecule has 0 atom stereocenters. The van der Waals surface area contributed by atoms with E-state index in [9.17, 15) is 17.2 Å². The van der Waals surface area contributed by atoms with E-state index in [0.717, 1.165) is 10.4 Å². The minimum absolute atomic E-state index is 0.0359. The number of nitrogens with zero attached hydrogens (tertiary/aromatic N) is 2. The molecule has 0 N–H and O–H groups in total. The second-order valence-electron chi connectivity index (χ2n) is 4.81. The fraction of sp³-hybridized carbons (Fsp3) is 0.267. The van der Waals surface area contributed by atoms with Gasteiger partial charge in [0.15, 0.2) is 0 Å². The highest BCUT2D eigenvalue weighted by molar-refractivity contribution is 7.92. The van der Waals surface area contributed by atoms with Gasteiger partial charge in [0.05, 0.1) is 18.8 Å². The van der Waals surface area contributed by atoms with Crippen molar-refractivity contribution < 1.29 is 21.9 Å². The van der Waals surface area contributed by atoms with Crippen molar-refractivity contribution >= 4 is 15.7 Å². The van der Waals surface area contributed by atoms with Crippen molar-refractivity contribution in [3.63, 3.8) is 0 Å². The number of benzene rings is 1. The Morgan fingerprint density at radius 3 is 2.43 bits per heavy atom. The average Bonchev–Trinajstić information content (AvgIpc) is 2.52. The zero-order valence-electron chi connectivity index (χ0n) is 12.7. The van der Waals surface area contributed by atoms with E-state index in [-0.39, 0.29) is 24.4 Å². The number of rotatable bonds is 6. The number of aryl methyl sites for hydroxylation is 1. The summed E-state index contributed by atoms with van der Waals surface area (Å²) in [6, 6.07) is 4.50. The fourth-order valence-corrected chi connectivity index (χ4v) is 3.53. The topological polar surface area (TPSA) is 59.5 Å². The van der Waals surface area contributed by atoms with Gasteiger partial charge in [-0.3, -0.25) is 9.29 Å². The van der Waals surface area contributed by atoms with E-state index in [2.05, 4.69) is 4.98 Å². The molecule has 1 heterocycles. The minimum atomic E-state index is -4.29. The summed E-state index contributed by atoms with van der Waals surface area (Å²) in [6.45, 7) is 1.41. The van der Waals surface area contributed by atoms with Gasteiger partial charge in [-0.2, -0.15) is 0 Å². The number of aromatic nitrogens is 1. The molecular weight excluding hydrogens is 326 g/mol. The molecule has 5 nitrogen and oxygen atoms in total. The van der Waals surface area contributed by atoms with Crippen LogP contribution in [0.3, 0.4) is 0 Å². The summed E-state index contributed by atoms with van der Waals surface area (Å²) in [6.07, 6.45) is 2.83. The van der Waals surface area contributed by atoms with Crippen LogP contribution in [0.1, 0.15) is 5.56 Å². The van der Waals surface area contributed by atoms with E-state index in [1.807, 2.05) is 0 Å². The molecule has 2 rings (SSSR count). The van der Waals surface area contributed by atoms with Crippen LogP contribution in [0.2, 0.25) is 0 Å². The maximum atomic E-state index is 14.1. The first-order chi connectivity index (χ1) is 10.9. The van der Waals surface area contributed by atoms with E-state index in [0.29, 0.717) is 6.07 Å². The highest BCUT2D eigenvalue weighted by Gasteiger charge is 2.28. The SMILES string of the molecule is COCCN(c1ccncc1)S(=O)(=O)c1cc(F)c(C)cc1F. The summed E-state index contributed by atoms with van der Waals surface area (Å²) in [4.78, 5) is 3.10. The largest absolute Gasteiger partial charge is 0.383 e. The monoisotopic (exact) mass is 342 g/mol. The highest BCUT2D eigenvalue weighted by atomic mass is 32.2. The second-order valence-corrected chi connectivity index (χ2v) is 6.64. The molecule has 1 aromatic heterocycles. The Bertz CT molecular complexity index is 783. The van der Waals surface area contributed by atoms with Gasteiger partial charge in [0, 0.05) is 19.5 Å². The molecule has 0 aliphatic rings. The predicted molar refractivity (Wildman–Crippen MR) is 81.7 cm³/mol. The number of anilines is 1. The lowest BCUT2D eigenvalue weighted by molar-refractivity contribution is 0.208. The molecule has 0 saturated carbocycles. The first kappa shape index (κ1) is 17.3. The molecule has 0 aliphatic heterocycles. The van der Waals surface area contributed by atoms with Gasteiger partial charge in [-0.15, -0.1) is 0 Å². The van der Waals surface area contributed by atoms with Gasteiger partial charge in [-0.05, 0) is 36.8 Å². The Labute approximate surface area is 133 Å². The summed E-state index contributed by atoms with van der Waals surface area (Å²) in [5, 5.41) is 0. The number of methoxy groups -OCH3 is 1. The Kier molecular flexibility index (Phi) is 5.27. The van der Waals surface area contributed by atoms with Gasteiger partial charge in [0.2, 0.25) is 0 Å². The molecule has 0 spiro atoms. The van der Waals surface area contributed by atoms with Gasteiger partial charge < -0.3 is 4.74 Å². The van der Waals surface area contributed by atoms with Crippen LogP contribution in [-0.2, 0) is 14.8 Å². The third-order valence-electron chi connectivity index (χ3n) is 3.23. The molecule has 0 fully saturated rings. The summed E-state index contributed by atoms with van der Waals surface area (Å²) < 4.78 is 59.2. The van der Waals surface area contributed by atoms with Crippen molar-refractivity contribution in [3.05, 3.63) is 53.9 Å². The fourth-order valence-electron chi connectivity index (χ4n) is 2.02. The molecule has 2 aromatic rings. The van der Waals surface area contributed by atoms with Crippen LogP contribution >= 0.6 is 0 Å². The van der Waals surface area contributed by atoms with Gasteiger partial charge in [0.1, 0.15) is 16.5 Å². The lowest BCUT2D eigenvalue weighted by Crippen LogP contribution is -2.34. The molecule has 0 aliphatic carbocycles. The second kappa shape index (κ2) is 7.01. The molecule has 8 heteroatoms. The number of hydrogen-bond acceptors (Lipinski definition) is 4. The third kappa shape index (κ3) is 3.65. The summed E-state index contributed by atoms with van der Waals surface area (Å²) in [5.74, 6) is -1.79. The Balaban J connectivity index is 2.55. The highest BCUT2D eigenvalue weighted by Crippen LogP contribution is 2.26. The number of hydrogen-bond donors (Lipinski definition) is 0. The molecule has 0 bridgehead atoms.